The molecule has 4 heterocycles. The Balaban J connectivity index is 1.22. The van der Waals surface area contributed by atoms with Crippen LogP contribution in [0.2, 0.25) is 0 Å². The molecule has 0 radical (unpaired) electrons. The van der Waals surface area contributed by atoms with E-state index in [4.69, 9.17) is 19.2 Å². The lowest BCUT2D eigenvalue weighted by Gasteiger charge is -2.36. The molecular formula is C23H27N5O4. The third-order valence-electron chi connectivity index (χ3n) is 5.95. The van der Waals surface area contributed by atoms with Crippen LogP contribution in [0.3, 0.4) is 0 Å². The first-order valence-electron chi connectivity index (χ1n) is 11.0. The van der Waals surface area contributed by atoms with Gasteiger partial charge in [-0.05, 0) is 49.6 Å². The zero-order chi connectivity index (χ0) is 21.9. The van der Waals surface area contributed by atoms with Gasteiger partial charge in [0, 0.05) is 37.6 Å². The second kappa shape index (κ2) is 9.13. The predicted molar refractivity (Wildman–Crippen MR) is 119 cm³/mol. The molecule has 1 atom stereocenters. The number of ether oxygens (including phenoxy) is 3. The summed E-state index contributed by atoms with van der Waals surface area (Å²) in [6.45, 7) is 4.68. The van der Waals surface area contributed by atoms with E-state index >= 15 is 0 Å². The van der Waals surface area contributed by atoms with E-state index in [0.29, 0.717) is 13.2 Å². The molecular weight excluding hydrogens is 410 g/mol. The largest absolute Gasteiger partial charge is 0.466 e. The maximum atomic E-state index is 12.0. The van der Waals surface area contributed by atoms with Gasteiger partial charge in [-0.1, -0.05) is 6.07 Å². The molecule has 1 N–H and O–H groups in total. The van der Waals surface area contributed by atoms with E-state index in [1.54, 1.807) is 0 Å². The van der Waals surface area contributed by atoms with Gasteiger partial charge >= 0.3 is 5.97 Å². The highest BCUT2D eigenvalue weighted by Gasteiger charge is 2.31. The second-order valence-electron chi connectivity index (χ2n) is 8.00. The number of likely N-dealkylation sites (tertiary alicyclic amines) is 1. The fourth-order valence-electron chi connectivity index (χ4n) is 4.20. The van der Waals surface area contributed by atoms with Crippen LogP contribution in [-0.2, 0) is 16.1 Å². The highest BCUT2D eigenvalue weighted by Crippen LogP contribution is 2.32. The van der Waals surface area contributed by atoms with Crippen LogP contribution < -0.4 is 14.9 Å². The van der Waals surface area contributed by atoms with E-state index < -0.39 is 0 Å². The molecule has 1 saturated heterocycles. The van der Waals surface area contributed by atoms with Crippen molar-refractivity contribution in [3.8, 4) is 11.5 Å². The normalized spacial score (nSPS) is 22.4. The Kier molecular flexibility index (Phi) is 5.91. The molecule has 5 rings (SSSR count). The van der Waals surface area contributed by atoms with Gasteiger partial charge in [0.2, 0.25) is 6.79 Å². The molecule has 0 amide bonds. The molecule has 9 nitrogen and oxygen atoms in total. The highest BCUT2D eigenvalue weighted by atomic mass is 16.7. The second-order valence-corrected chi connectivity index (χ2v) is 8.00. The number of esters is 1. The molecule has 32 heavy (non-hydrogen) atoms. The van der Waals surface area contributed by atoms with Crippen LogP contribution in [0, 0.1) is 5.92 Å². The van der Waals surface area contributed by atoms with Gasteiger partial charge in [0.1, 0.15) is 0 Å². The van der Waals surface area contributed by atoms with Crippen molar-refractivity contribution in [2.45, 2.75) is 32.6 Å². The molecule has 0 aromatic heterocycles. The number of carbonyl (C=O) groups excluding carboxylic acids is 1. The molecule has 4 aliphatic heterocycles. The molecule has 0 bridgehead atoms. The number of fused-ring (bicyclic) bond motifs is 2. The van der Waals surface area contributed by atoms with Crippen LogP contribution in [0.15, 0.2) is 52.1 Å². The molecule has 0 aliphatic carbocycles. The lowest BCUT2D eigenvalue weighted by atomic mass is 9.97. The summed E-state index contributed by atoms with van der Waals surface area (Å²) in [4.78, 5) is 23.8. The number of hydrogen-bond acceptors (Lipinski definition) is 9. The SMILES string of the molecule is CCOC(=O)C1CCN(C2N=CC3=CC=CN(NCc4ccc5c(c4)OCO5)C3=N2)CC1. The predicted octanol–water partition coefficient (Wildman–Crippen LogP) is 2.22. The van der Waals surface area contributed by atoms with E-state index in [0.717, 1.165) is 54.4 Å². The highest BCUT2D eigenvalue weighted by molar-refractivity contribution is 6.17. The summed E-state index contributed by atoms with van der Waals surface area (Å²) in [6, 6.07) is 5.93. The minimum atomic E-state index is -0.286. The monoisotopic (exact) mass is 437 g/mol. The Morgan fingerprint density at radius 1 is 1.25 bits per heavy atom. The van der Waals surface area contributed by atoms with E-state index in [1.165, 1.54) is 0 Å². The van der Waals surface area contributed by atoms with Crippen molar-refractivity contribution in [1.29, 1.82) is 0 Å². The maximum Gasteiger partial charge on any atom is 0.309 e. The first-order valence-corrected chi connectivity index (χ1v) is 11.0. The van der Waals surface area contributed by atoms with Crippen molar-refractivity contribution in [1.82, 2.24) is 15.3 Å². The number of allylic oxidation sites excluding steroid dienone is 2. The summed E-state index contributed by atoms with van der Waals surface area (Å²) in [7, 11) is 0. The number of rotatable bonds is 6. The van der Waals surface area contributed by atoms with Gasteiger partial charge in [-0.3, -0.25) is 19.7 Å². The van der Waals surface area contributed by atoms with Gasteiger partial charge in [0.25, 0.3) is 0 Å². The Hall–Kier alpha value is -3.17. The number of hydrogen-bond donors (Lipinski definition) is 1. The molecule has 1 fully saturated rings. The molecule has 9 heteroatoms. The average molecular weight is 438 g/mol. The van der Waals surface area contributed by atoms with Gasteiger partial charge in [-0.25, -0.2) is 10.4 Å². The quantitative estimate of drug-likeness (QED) is 0.683. The fraction of sp³-hybridized carbons (Fsp3) is 0.435. The van der Waals surface area contributed by atoms with Crippen molar-refractivity contribution in [3.63, 3.8) is 0 Å². The fourth-order valence-corrected chi connectivity index (χ4v) is 4.20. The van der Waals surface area contributed by atoms with E-state index in [2.05, 4.69) is 15.3 Å². The van der Waals surface area contributed by atoms with Crippen LogP contribution in [0.25, 0.3) is 0 Å². The van der Waals surface area contributed by atoms with Crippen molar-refractivity contribution in [2.24, 2.45) is 15.9 Å². The minimum Gasteiger partial charge on any atom is -0.466 e. The van der Waals surface area contributed by atoms with E-state index in [-0.39, 0.29) is 25.0 Å². The van der Waals surface area contributed by atoms with Crippen molar-refractivity contribution in [2.75, 3.05) is 26.5 Å². The van der Waals surface area contributed by atoms with Gasteiger partial charge in [0.05, 0.1) is 12.5 Å². The van der Waals surface area contributed by atoms with Crippen molar-refractivity contribution < 1.29 is 19.0 Å². The standard InChI is InChI=1S/C23H27N5O4/c1-2-30-22(29)17-7-10-27(11-8-17)23-24-14-18-4-3-9-28(21(18)26-23)25-13-16-5-6-19-20(12-16)32-15-31-19/h3-6,9,12,14,17,23,25H,2,7-8,10-11,13,15H2,1H3. The Morgan fingerprint density at radius 2 is 2.09 bits per heavy atom. The Bertz CT molecular complexity index is 994. The first-order chi connectivity index (χ1) is 15.7. The van der Waals surface area contributed by atoms with Gasteiger partial charge < -0.3 is 14.2 Å². The van der Waals surface area contributed by atoms with Crippen molar-refractivity contribution >= 4 is 18.0 Å². The number of nitrogens with zero attached hydrogens (tertiary/aromatic N) is 4. The van der Waals surface area contributed by atoms with Crippen LogP contribution in [0.1, 0.15) is 25.3 Å². The lowest BCUT2D eigenvalue weighted by Crippen LogP contribution is -2.47. The molecule has 1 aromatic rings. The minimum absolute atomic E-state index is 0.0284. The topological polar surface area (TPSA) is 88.0 Å². The van der Waals surface area contributed by atoms with E-state index in [1.807, 2.05) is 54.7 Å². The number of nitrogens with one attached hydrogen (secondary N) is 1. The molecule has 1 unspecified atom stereocenters. The summed E-state index contributed by atoms with van der Waals surface area (Å²) in [5, 5.41) is 1.93. The summed E-state index contributed by atoms with van der Waals surface area (Å²) >= 11 is 0. The summed E-state index contributed by atoms with van der Waals surface area (Å²) in [5.41, 5.74) is 5.47. The zero-order valence-electron chi connectivity index (χ0n) is 18.1. The Labute approximate surface area is 187 Å². The van der Waals surface area contributed by atoms with Crippen LogP contribution in [0.4, 0.5) is 0 Å². The molecule has 4 aliphatic rings. The molecule has 168 valence electrons. The first kappa shape index (κ1) is 20.7. The number of hydrazine groups is 1. The third-order valence-corrected chi connectivity index (χ3v) is 5.95. The van der Waals surface area contributed by atoms with Crippen LogP contribution in [0.5, 0.6) is 11.5 Å². The smallest absolute Gasteiger partial charge is 0.309 e. The van der Waals surface area contributed by atoms with Crippen LogP contribution in [-0.4, -0.2) is 60.7 Å². The summed E-state index contributed by atoms with van der Waals surface area (Å²) < 4.78 is 16.0. The molecule has 0 spiro atoms. The average Bonchev–Trinajstić information content (AvgIpc) is 3.30. The third kappa shape index (κ3) is 4.26. The van der Waals surface area contributed by atoms with Gasteiger partial charge in [-0.15, -0.1) is 0 Å². The van der Waals surface area contributed by atoms with Crippen LogP contribution >= 0.6 is 0 Å². The zero-order valence-corrected chi connectivity index (χ0v) is 18.1. The Morgan fingerprint density at radius 3 is 2.94 bits per heavy atom. The number of benzene rings is 1. The summed E-state index contributed by atoms with van der Waals surface area (Å²) in [6.07, 6.45) is 9.06. The van der Waals surface area contributed by atoms with Crippen molar-refractivity contribution in [3.05, 3.63) is 47.7 Å². The number of piperidine rings is 1. The number of carbonyl (C=O) groups is 1. The van der Waals surface area contributed by atoms with E-state index in [9.17, 15) is 4.79 Å². The molecule has 0 saturated carbocycles. The number of amidine groups is 1. The molecule has 1 aromatic carbocycles. The van der Waals surface area contributed by atoms with Gasteiger partial charge in [0.15, 0.2) is 23.6 Å². The maximum absolute atomic E-state index is 12.0. The van der Waals surface area contributed by atoms with Gasteiger partial charge in [-0.2, -0.15) is 0 Å². The summed E-state index contributed by atoms with van der Waals surface area (Å²) in [5.74, 6) is 2.26. The number of aliphatic imine (C=N–C) groups is 2. The lowest BCUT2D eigenvalue weighted by molar-refractivity contribution is -0.149.